The van der Waals surface area contributed by atoms with Crippen LogP contribution in [0.2, 0.25) is 0 Å². The van der Waals surface area contributed by atoms with Crippen molar-refractivity contribution in [1.82, 2.24) is 15.1 Å². The first-order valence-electron chi connectivity index (χ1n) is 7.74. The summed E-state index contributed by atoms with van der Waals surface area (Å²) in [6.07, 6.45) is 0.500. The fourth-order valence-electron chi connectivity index (χ4n) is 3.00. The molecule has 3 rings (SSSR count). The van der Waals surface area contributed by atoms with E-state index >= 15 is 0 Å². The van der Waals surface area contributed by atoms with Crippen LogP contribution in [0.25, 0.3) is 0 Å². The van der Waals surface area contributed by atoms with Gasteiger partial charge in [0.2, 0.25) is 0 Å². The monoisotopic (exact) mass is 331 g/mol. The topological polar surface area (TPSA) is 72.4 Å². The Bertz CT molecular complexity index is 713. The lowest BCUT2D eigenvalue weighted by atomic mass is 10.0. The van der Waals surface area contributed by atoms with Crippen LogP contribution in [0.3, 0.4) is 0 Å². The molecule has 0 bridgehead atoms. The van der Waals surface area contributed by atoms with E-state index in [1.54, 1.807) is 11.3 Å². The molecule has 1 saturated heterocycles. The Kier molecular flexibility index (Phi) is 5.13. The molecule has 3 heterocycles. The summed E-state index contributed by atoms with van der Waals surface area (Å²) in [5, 5.41) is 26.3. The van der Waals surface area contributed by atoms with Crippen molar-refractivity contribution >= 4 is 11.3 Å². The molecular weight excluding hydrogens is 310 g/mol. The van der Waals surface area contributed by atoms with Crippen LogP contribution < -0.4 is 0 Å². The van der Waals surface area contributed by atoms with Gasteiger partial charge in [-0.3, -0.25) is 10.00 Å². The third kappa shape index (κ3) is 4.21. The van der Waals surface area contributed by atoms with E-state index in [4.69, 9.17) is 5.11 Å². The van der Waals surface area contributed by atoms with Crippen molar-refractivity contribution in [3.05, 3.63) is 39.3 Å². The maximum atomic E-state index is 10.3. The maximum absolute atomic E-state index is 10.3. The Labute approximate surface area is 140 Å². The van der Waals surface area contributed by atoms with E-state index < -0.39 is 0 Å². The first-order chi connectivity index (χ1) is 11.1. The molecule has 6 heteroatoms. The van der Waals surface area contributed by atoms with Crippen LogP contribution >= 0.6 is 11.3 Å². The van der Waals surface area contributed by atoms with Gasteiger partial charge in [-0.15, -0.1) is 11.3 Å². The molecule has 2 atom stereocenters. The number of β-amino-alcohol motifs (C(OH)–C–C–N with tert-alkyl or cyclic N) is 1. The highest BCUT2D eigenvalue weighted by Crippen LogP contribution is 2.25. The van der Waals surface area contributed by atoms with Crippen molar-refractivity contribution in [2.45, 2.75) is 26.0 Å². The standard InChI is InChI=1S/C17H21N3O2S/c1-12-7-14(19-18-12)8-13-9-20(11-17(13)22)10-16-5-4-15(23-16)3-2-6-21/h4-5,7,13,17,21-22H,6,8-11H2,1H3,(H,18,19)/t13-,17+/m1/s1. The minimum atomic E-state index is -0.305. The van der Waals surface area contributed by atoms with Gasteiger partial charge in [-0.25, -0.2) is 0 Å². The predicted octanol–water partition coefficient (Wildman–Crippen LogP) is 1.16. The van der Waals surface area contributed by atoms with Crippen LogP contribution in [0.1, 0.15) is 21.1 Å². The fraction of sp³-hybridized carbons (Fsp3) is 0.471. The number of aliphatic hydroxyl groups is 2. The first-order valence-corrected chi connectivity index (χ1v) is 8.55. The summed E-state index contributed by atoms with van der Waals surface area (Å²) in [5.41, 5.74) is 2.07. The number of nitrogens with one attached hydrogen (secondary N) is 1. The lowest BCUT2D eigenvalue weighted by Gasteiger charge is -2.13. The molecule has 0 amide bonds. The van der Waals surface area contributed by atoms with Crippen molar-refractivity contribution < 1.29 is 10.2 Å². The summed E-state index contributed by atoms with van der Waals surface area (Å²) in [5.74, 6) is 5.83. The molecule has 1 fully saturated rings. The lowest BCUT2D eigenvalue weighted by molar-refractivity contribution is 0.140. The van der Waals surface area contributed by atoms with Gasteiger partial charge < -0.3 is 10.2 Å². The van der Waals surface area contributed by atoms with Crippen molar-refractivity contribution in [1.29, 1.82) is 0 Å². The molecule has 122 valence electrons. The summed E-state index contributed by atoms with van der Waals surface area (Å²) in [6, 6.07) is 6.10. The minimum Gasteiger partial charge on any atom is -0.391 e. The van der Waals surface area contributed by atoms with Gasteiger partial charge in [-0.2, -0.15) is 5.10 Å². The quantitative estimate of drug-likeness (QED) is 0.735. The zero-order chi connectivity index (χ0) is 16.2. The van der Waals surface area contributed by atoms with Gasteiger partial charge in [0.25, 0.3) is 0 Å². The number of nitrogens with zero attached hydrogens (tertiary/aromatic N) is 2. The van der Waals surface area contributed by atoms with Gasteiger partial charge in [0.1, 0.15) is 6.61 Å². The summed E-state index contributed by atoms with van der Waals surface area (Å²) >= 11 is 1.64. The zero-order valence-electron chi connectivity index (χ0n) is 13.1. The number of H-pyrrole nitrogens is 1. The second kappa shape index (κ2) is 7.28. The Morgan fingerprint density at radius 2 is 2.30 bits per heavy atom. The molecule has 1 aliphatic heterocycles. The van der Waals surface area contributed by atoms with Gasteiger partial charge >= 0.3 is 0 Å². The Morgan fingerprint density at radius 1 is 1.43 bits per heavy atom. The van der Waals surface area contributed by atoms with E-state index in [-0.39, 0.29) is 18.6 Å². The highest BCUT2D eigenvalue weighted by atomic mass is 32.1. The van der Waals surface area contributed by atoms with Crippen LogP contribution in [-0.4, -0.2) is 51.1 Å². The lowest BCUT2D eigenvalue weighted by Crippen LogP contribution is -2.20. The molecule has 0 spiro atoms. The molecule has 5 nitrogen and oxygen atoms in total. The Hall–Kier alpha value is -1.65. The minimum absolute atomic E-state index is 0.111. The number of aliphatic hydroxyl groups excluding tert-OH is 2. The number of aromatic nitrogens is 2. The Balaban J connectivity index is 1.56. The molecule has 0 unspecified atom stereocenters. The van der Waals surface area contributed by atoms with Gasteiger partial charge in [0.15, 0.2) is 0 Å². The third-order valence-electron chi connectivity index (χ3n) is 4.04. The summed E-state index contributed by atoms with van der Waals surface area (Å²) < 4.78 is 0. The average molecular weight is 331 g/mol. The summed E-state index contributed by atoms with van der Waals surface area (Å²) in [6.45, 7) is 4.28. The number of aryl methyl sites for hydroxylation is 1. The number of thiophene rings is 1. The van der Waals surface area contributed by atoms with Gasteiger partial charge in [0.05, 0.1) is 16.7 Å². The largest absolute Gasteiger partial charge is 0.391 e. The molecule has 0 aromatic carbocycles. The van der Waals surface area contributed by atoms with Crippen LogP contribution in [0.5, 0.6) is 0 Å². The number of likely N-dealkylation sites (tertiary alicyclic amines) is 1. The summed E-state index contributed by atoms with van der Waals surface area (Å²) in [4.78, 5) is 4.48. The van der Waals surface area contributed by atoms with Crippen LogP contribution in [0.4, 0.5) is 0 Å². The number of hydrogen-bond donors (Lipinski definition) is 3. The van der Waals surface area contributed by atoms with Gasteiger partial charge in [-0.05, 0) is 31.5 Å². The van der Waals surface area contributed by atoms with E-state index in [1.165, 1.54) is 4.88 Å². The van der Waals surface area contributed by atoms with E-state index in [0.29, 0.717) is 6.54 Å². The normalized spacial score (nSPS) is 21.3. The van der Waals surface area contributed by atoms with Crippen LogP contribution in [-0.2, 0) is 13.0 Å². The van der Waals surface area contributed by atoms with Crippen molar-refractivity contribution in [2.24, 2.45) is 5.92 Å². The molecule has 23 heavy (non-hydrogen) atoms. The Morgan fingerprint density at radius 3 is 3.04 bits per heavy atom. The van der Waals surface area contributed by atoms with E-state index in [0.717, 1.165) is 35.8 Å². The van der Waals surface area contributed by atoms with Crippen molar-refractivity contribution in [2.75, 3.05) is 19.7 Å². The van der Waals surface area contributed by atoms with Crippen LogP contribution in [0.15, 0.2) is 18.2 Å². The molecule has 1 aliphatic rings. The van der Waals surface area contributed by atoms with Crippen molar-refractivity contribution in [3.63, 3.8) is 0 Å². The second-order valence-electron chi connectivity index (χ2n) is 5.99. The fourth-order valence-corrected chi connectivity index (χ4v) is 3.92. The van der Waals surface area contributed by atoms with Gasteiger partial charge in [0, 0.05) is 36.1 Å². The molecule has 3 N–H and O–H groups in total. The SMILES string of the molecule is Cc1cc(C[C@@H]2CN(Cc3ccc(C#CCO)s3)C[C@@H]2O)n[nH]1. The van der Waals surface area contributed by atoms with Crippen molar-refractivity contribution in [3.8, 4) is 11.8 Å². The highest BCUT2D eigenvalue weighted by molar-refractivity contribution is 7.12. The third-order valence-corrected chi connectivity index (χ3v) is 5.03. The molecule has 0 aliphatic carbocycles. The molecule has 0 radical (unpaired) electrons. The molecule has 0 saturated carbocycles. The summed E-state index contributed by atoms with van der Waals surface area (Å²) in [7, 11) is 0. The predicted molar refractivity (Wildman–Crippen MR) is 90.1 cm³/mol. The first kappa shape index (κ1) is 16.2. The molecular formula is C17H21N3O2S. The smallest absolute Gasteiger partial charge is 0.104 e. The van der Waals surface area contributed by atoms with E-state index in [9.17, 15) is 5.11 Å². The van der Waals surface area contributed by atoms with E-state index in [1.807, 2.05) is 19.1 Å². The second-order valence-corrected chi connectivity index (χ2v) is 7.16. The molecule has 2 aromatic heterocycles. The zero-order valence-corrected chi connectivity index (χ0v) is 13.9. The van der Waals surface area contributed by atoms with Gasteiger partial charge in [-0.1, -0.05) is 11.8 Å². The number of rotatable bonds is 4. The maximum Gasteiger partial charge on any atom is 0.104 e. The number of hydrogen-bond acceptors (Lipinski definition) is 5. The van der Waals surface area contributed by atoms with E-state index in [2.05, 4.69) is 33.0 Å². The number of aromatic amines is 1. The molecule has 2 aromatic rings. The van der Waals surface area contributed by atoms with Crippen LogP contribution in [0, 0.1) is 24.7 Å². The average Bonchev–Trinajstić information content (AvgIpc) is 3.21. The highest BCUT2D eigenvalue weighted by Gasteiger charge is 2.31.